The molecule has 2 aliphatic rings. The minimum atomic E-state index is -4.75. The normalized spacial score (nSPS) is 22.5. The van der Waals surface area contributed by atoms with Crippen LogP contribution in [0.15, 0.2) is 22.7 Å². The van der Waals surface area contributed by atoms with Crippen molar-refractivity contribution in [3.8, 4) is 5.75 Å². The van der Waals surface area contributed by atoms with E-state index in [1.54, 1.807) is 12.1 Å². The van der Waals surface area contributed by atoms with Crippen molar-refractivity contribution >= 4 is 21.8 Å². The van der Waals surface area contributed by atoms with Gasteiger partial charge in [-0.15, -0.1) is 13.2 Å². The molecule has 3 rings (SSSR count). The minimum Gasteiger partial charge on any atom is -0.405 e. The Morgan fingerprint density at radius 3 is 2.56 bits per heavy atom. The van der Waals surface area contributed by atoms with E-state index in [1.807, 2.05) is 4.90 Å². The Balaban J connectivity index is 1.71. The fourth-order valence-electron chi connectivity index (χ4n) is 3.89. The predicted molar refractivity (Wildman–Crippen MR) is 91.2 cm³/mol. The molecular weight excluding hydrogens is 399 g/mol. The van der Waals surface area contributed by atoms with Crippen LogP contribution in [-0.4, -0.2) is 29.8 Å². The lowest BCUT2D eigenvalue weighted by Gasteiger charge is -2.31. The van der Waals surface area contributed by atoms with E-state index in [1.165, 1.54) is 12.5 Å². The Labute approximate surface area is 153 Å². The molecule has 1 aromatic rings. The summed E-state index contributed by atoms with van der Waals surface area (Å²) in [6.45, 7) is 0.708. The third-order valence-corrected chi connectivity index (χ3v) is 5.58. The highest BCUT2D eigenvalue weighted by Gasteiger charge is 2.37. The van der Waals surface area contributed by atoms with Gasteiger partial charge in [-0.25, -0.2) is 0 Å². The summed E-state index contributed by atoms with van der Waals surface area (Å²) in [7, 11) is 0. The average Bonchev–Trinajstić information content (AvgIpc) is 2.90. The number of likely N-dealkylation sites (tertiary alicyclic amines) is 1. The fourth-order valence-corrected chi connectivity index (χ4v) is 4.23. The van der Waals surface area contributed by atoms with Gasteiger partial charge in [-0.3, -0.25) is 4.79 Å². The number of ether oxygens (including phenoxy) is 1. The fraction of sp³-hybridized carbons (Fsp3) is 0.611. The Morgan fingerprint density at radius 1 is 1.16 bits per heavy atom. The van der Waals surface area contributed by atoms with E-state index in [2.05, 4.69) is 20.7 Å². The number of carbonyl (C=O) groups is 1. The number of amides is 1. The third kappa shape index (κ3) is 4.68. The molecule has 0 radical (unpaired) electrons. The summed E-state index contributed by atoms with van der Waals surface area (Å²) >= 11 is 3.17. The lowest BCUT2D eigenvalue weighted by Crippen LogP contribution is -2.39. The molecule has 3 nitrogen and oxygen atoms in total. The maximum Gasteiger partial charge on any atom is 0.573 e. The van der Waals surface area contributed by atoms with Gasteiger partial charge in [0.2, 0.25) is 5.91 Å². The highest BCUT2D eigenvalue weighted by Crippen LogP contribution is 2.34. The second kappa shape index (κ2) is 7.56. The number of nitrogens with zero attached hydrogens (tertiary/aromatic N) is 1. The Kier molecular flexibility index (Phi) is 5.61. The second-order valence-electron chi connectivity index (χ2n) is 6.81. The zero-order chi connectivity index (χ0) is 18.0. The van der Waals surface area contributed by atoms with Crippen LogP contribution in [0.25, 0.3) is 0 Å². The van der Waals surface area contributed by atoms with Crippen LogP contribution in [0.3, 0.4) is 0 Å². The summed E-state index contributed by atoms with van der Waals surface area (Å²) in [5, 5.41) is 0. The lowest BCUT2D eigenvalue weighted by molar-refractivity contribution is -0.274. The van der Waals surface area contributed by atoms with Crippen molar-refractivity contribution in [2.24, 2.45) is 5.92 Å². The monoisotopic (exact) mass is 419 g/mol. The van der Waals surface area contributed by atoms with Crippen molar-refractivity contribution in [3.63, 3.8) is 0 Å². The molecule has 0 N–H and O–H groups in total. The van der Waals surface area contributed by atoms with E-state index in [4.69, 9.17) is 0 Å². The van der Waals surface area contributed by atoms with Gasteiger partial charge in [0, 0.05) is 23.0 Å². The molecule has 1 aliphatic carbocycles. The summed E-state index contributed by atoms with van der Waals surface area (Å²) in [5.74, 6) is -0.419. The first-order chi connectivity index (χ1) is 11.8. The van der Waals surface area contributed by atoms with Gasteiger partial charge in [-0.05, 0) is 43.4 Å². The van der Waals surface area contributed by atoms with Crippen molar-refractivity contribution in [3.05, 3.63) is 28.2 Å². The summed E-state index contributed by atoms with van der Waals surface area (Å²) in [4.78, 5) is 14.7. The molecule has 1 saturated carbocycles. The molecule has 138 valence electrons. The van der Waals surface area contributed by atoms with Crippen LogP contribution in [0, 0.1) is 5.92 Å². The SMILES string of the molecule is O=C1C(Cc2ccc(Br)cc2OC(F)(F)F)CCN1C1CCCCC1. The van der Waals surface area contributed by atoms with Crippen molar-refractivity contribution < 1.29 is 22.7 Å². The van der Waals surface area contributed by atoms with Gasteiger partial charge >= 0.3 is 6.36 Å². The molecule has 1 heterocycles. The van der Waals surface area contributed by atoms with E-state index in [9.17, 15) is 18.0 Å². The molecule has 0 spiro atoms. The molecular formula is C18H21BrF3NO2. The van der Waals surface area contributed by atoms with E-state index in [0.717, 1.165) is 25.7 Å². The van der Waals surface area contributed by atoms with E-state index >= 15 is 0 Å². The number of carbonyl (C=O) groups excluding carboxylic acids is 1. The first-order valence-electron chi connectivity index (χ1n) is 8.68. The number of halogens is 4. The van der Waals surface area contributed by atoms with Crippen LogP contribution in [-0.2, 0) is 11.2 Å². The topological polar surface area (TPSA) is 29.5 Å². The maximum absolute atomic E-state index is 12.7. The molecule has 25 heavy (non-hydrogen) atoms. The molecule has 1 unspecified atom stereocenters. The van der Waals surface area contributed by atoms with Crippen LogP contribution >= 0.6 is 15.9 Å². The number of alkyl halides is 3. The quantitative estimate of drug-likeness (QED) is 0.681. The van der Waals surface area contributed by atoms with E-state index in [-0.39, 0.29) is 24.0 Å². The lowest BCUT2D eigenvalue weighted by atomic mass is 9.94. The number of rotatable bonds is 4. The molecule has 1 saturated heterocycles. The van der Waals surface area contributed by atoms with Crippen LogP contribution in [0.4, 0.5) is 13.2 Å². The number of hydrogen-bond donors (Lipinski definition) is 0. The van der Waals surface area contributed by atoms with Crippen LogP contribution < -0.4 is 4.74 Å². The van der Waals surface area contributed by atoms with Gasteiger partial charge in [-0.1, -0.05) is 41.3 Å². The van der Waals surface area contributed by atoms with Gasteiger partial charge in [-0.2, -0.15) is 0 Å². The van der Waals surface area contributed by atoms with Crippen molar-refractivity contribution in [1.29, 1.82) is 0 Å². The smallest absolute Gasteiger partial charge is 0.405 e. The summed E-state index contributed by atoms with van der Waals surface area (Å²) in [6, 6.07) is 4.89. The van der Waals surface area contributed by atoms with E-state index in [0.29, 0.717) is 29.0 Å². The zero-order valence-electron chi connectivity index (χ0n) is 13.8. The van der Waals surface area contributed by atoms with Gasteiger partial charge in [0.15, 0.2) is 0 Å². The van der Waals surface area contributed by atoms with E-state index < -0.39 is 6.36 Å². The highest BCUT2D eigenvalue weighted by molar-refractivity contribution is 9.10. The molecule has 1 aliphatic heterocycles. The van der Waals surface area contributed by atoms with Crippen LogP contribution in [0.5, 0.6) is 5.75 Å². The van der Waals surface area contributed by atoms with Gasteiger partial charge < -0.3 is 9.64 Å². The molecule has 0 aromatic heterocycles. The van der Waals surface area contributed by atoms with Gasteiger partial charge in [0.1, 0.15) is 5.75 Å². The average molecular weight is 420 g/mol. The van der Waals surface area contributed by atoms with Crippen LogP contribution in [0.1, 0.15) is 44.1 Å². The second-order valence-corrected chi connectivity index (χ2v) is 7.73. The number of hydrogen-bond acceptors (Lipinski definition) is 2. The third-order valence-electron chi connectivity index (χ3n) is 5.09. The molecule has 1 atom stereocenters. The largest absolute Gasteiger partial charge is 0.573 e. The highest BCUT2D eigenvalue weighted by atomic mass is 79.9. The summed E-state index contributed by atoms with van der Waals surface area (Å²) in [6.07, 6.45) is 1.82. The molecule has 2 fully saturated rings. The standard InChI is InChI=1S/C18H21BrF3NO2/c19-14-7-6-12(16(11-14)25-18(20,21)22)10-13-8-9-23(17(13)24)15-4-2-1-3-5-15/h6-7,11,13,15H,1-5,8-10H2. The van der Waals surface area contributed by atoms with Crippen molar-refractivity contribution in [2.75, 3.05) is 6.54 Å². The maximum atomic E-state index is 12.7. The summed E-state index contributed by atoms with van der Waals surface area (Å²) < 4.78 is 42.6. The Morgan fingerprint density at radius 2 is 1.88 bits per heavy atom. The Hall–Kier alpha value is -1.24. The molecule has 1 aromatic carbocycles. The molecule has 1 amide bonds. The summed E-state index contributed by atoms with van der Waals surface area (Å²) in [5.41, 5.74) is 0.421. The number of benzene rings is 1. The van der Waals surface area contributed by atoms with Crippen molar-refractivity contribution in [1.82, 2.24) is 4.90 Å². The van der Waals surface area contributed by atoms with Gasteiger partial charge in [0.25, 0.3) is 0 Å². The molecule has 7 heteroatoms. The predicted octanol–water partition coefficient (Wildman–Crippen LogP) is 5.07. The van der Waals surface area contributed by atoms with Crippen LogP contribution in [0.2, 0.25) is 0 Å². The zero-order valence-corrected chi connectivity index (χ0v) is 15.4. The first kappa shape index (κ1) is 18.5. The first-order valence-corrected chi connectivity index (χ1v) is 9.47. The molecule has 0 bridgehead atoms. The van der Waals surface area contributed by atoms with Gasteiger partial charge in [0.05, 0.1) is 0 Å². The Bertz CT molecular complexity index is 629. The minimum absolute atomic E-state index is 0.0766. The van der Waals surface area contributed by atoms with Crippen molar-refractivity contribution in [2.45, 2.75) is 57.3 Å².